The van der Waals surface area contributed by atoms with Gasteiger partial charge in [-0.25, -0.2) is 0 Å². The van der Waals surface area contributed by atoms with Crippen LogP contribution in [0.2, 0.25) is 5.02 Å². The fourth-order valence-electron chi connectivity index (χ4n) is 1.74. The summed E-state index contributed by atoms with van der Waals surface area (Å²) < 4.78 is 5.48. The zero-order valence-corrected chi connectivity index (χ0v) is 12.1. The topological polar surface area (TPSA) is 64.7 Å². The zero-order chi connectivity index (χ0) is 15.2. The van der Waals surface area contributed by atoms with Crippen LogP contribution in [0.3, 0.4) is 0 Å². The van der Waals surface area contributed by atoms with Gasteiger partial charge in [-0.1, -0.05) is 17.7 Å². The van der Waals surface area contributed by atoms with E-state index in [1.54, 1.807) is 36.5 Å². The first-order chi connectivity index (χ1) is 10.1. The first-order valence-corrected chi connectivity index (χ1v) is 6.69. The highest BCUT2D eigenvalue weighted by Crippen LogP contribution is 2.24. The molecule has 0 bridgehead atoms. The fourth-order valence-corrected chi connectivity index (χ4v) is 1.92. The number of benzene rings is 2. The van der Waals surface area contributed by atoms with Crippen LogP contribution in [0.15, 0.2) is 47.5 Å². The van der Waals surface area contributed by atoms with E-state index in [1.165, 1.54) is 12.1 Å². The van der Waals surface area contributed by atoms with Gasteiger partial charge in [0.1, 0.15) is 5.75 Å². The number of nitrogens with zero attached hydrogens (tertiary/aromatic N) is 2. The second-order valence-electron chi connectivity index (χ2n) is 4.15. The molecule has 0 aliphatic heterocycles. The Morgan fingerprint density at radius 2 is 2.14 bits per heavy atom. The van der Waals surface area contributed by atoms with Gasteiger partial charge in [0.05, 0.1) is 17.2 Å². The number of non-ortho nitro benzene ring substituents is 1. The van der Waals surface area contributed by atoms with Gasteiger partial charge in [-0.15, -0.1) is 0 Å². The molecule has 6 heteroatoms. The predicted octanol–water partition coefficient (Wildman–Crippen LogP) is 4.40. The lowest BCUT2D eigenvalue weighted by molar-refractivity contribution is -0.384. The quantitative estimate of drug-likeness (QED) is 0.467. The maximum atomic E-state index is 10.7. The number of ether oxygens (including phenoxy) is 1. The third-order valence-electron chi connectivity index (χ3n) is 2.66. The van der Waals surface area contributed by atoms with Crippen molar-refractivity contribution in [1.82, 2.24) is 0 Å². The SMILES string of the molecule is CCOc1ccc(Cl)cc1C=Nc1cccc([N+](=O)[O-])c1. The maximum absolute atomic E-state index is 10.7. The number of nitro benzene ring substituents is 1. The molecule has 2 rings (SSSR count). The molecule has 0 atom stereocenters. The van der Waals surface area contributed by atoms with Crippen molar-refractivity contribution in [3.63, 3.8) is 0 Å². The Morgan fingerprint density at radius 3 is 2.86 bits per heavy atom. The van der Waals surface area contributed by atoms with Crippen molar-refractivity contribution >= 4 is 29.2 Å². The highest BCUT2D eigenvalue weighted by atomic mass is 35.5. The fraction of sp³-hybridized carbons (Fsp3) is 0.133. The maximum Gasteiger partial charge on any atom is 0.271 e. The second-order valence-corrected chi connectivity index (χ2v) is 4.59. The van der Waals surface area contributed by atoms with Gasteiger partial charge in [0.15, 0.2) is 0 Å². The third kappa shape index (κ3) is 4.03. The Labute approximate surface area is 127 Å². The van der Waals surface area contributed by atoms with Crippen molar-refractivity contribution in [2.45, 2.75) is 6.92 Å². The van der Waals surface area contributed by atoms with E-state index in [4.69, 9.17) is 16.3 Å². The van der Waals surface area contributed by atoms with Gasteiger partial charge in [-0.2, -0.15) is 0 Å². The van der Waals surface area contributed by atoms with E-state index in [2.05, 4.69) is 4.99 Å². The first-order valence-electron chi connectivity index (χ1n) is 6.31. The minimum absolute atomic E-state index is 0.000718. The molecule has 0 aliphatic rings. The van der Waals surface area contributed by atoms with Crippen LogP contribution < -0.4 is 4.74 Å². The molecule has 0 unspecified atom stereocenters. The number of nitro groups is 1. The average Bonchev–Trinajstić information content (AvgIpc) is 2.48. The molecule has 0 aliphatic carbocycles. The van der Waals surface area contributed by atoms with E-state index >= 15 is 0 Å². The van der Waals surface area contributed by atoms with Crippen LogP contribution in [0.25, 0.3) is 0 Å². The van der Waals surface area contributed by atoms with Gasteiger partial charge in [-0.3, -0.25) is 15.1 Å². The van der Waals surface area contributed by atoms with Crippen LogP contribution in [-0.2, 0) is 0 Å². The largest absolute Gasteiger partial charge is 0.493 e. The Morgan fingerprint density at radius 1 is 1.33 bits per heavy atom. The Kier molecular flexibility index (Phi) is 4.90. The molecule has 5 nitrogen and oxygen atoms in total. The lowest BCUT2D eigenvalue weighted by atomic mass is 10.2. The number of rotatable bonds is 5. The summed E-state index contributed by atoms with van der Waals surface area (Å²) in [7, 11) is 0. The molecule has 21 heavy (non-hydrogen) atoms. The molecule has 0 aromatic heterocycles. The van der Waals surface area contributed by atoms with Crippen LogP contribution >= 0.6 is 11.6 Å². The summed E-state index contributed by atoms with van der Waals surface area (Å²) in [6, 6.07) is 11.3. The first kappa shape index (κ1) is 15.0. The molecule has 2 aromatic carbocycles. The van der Waals surface area contributed by atoms with Crippen LogP contribution in [-0.4, -0.2) is 17.7 Å². The lowest BCUT2D eigenvalue weighted by Crippen LogP contribution is -1.95. The third-order valence-corrected chi connectivity index (χ3v) is 2.90. The molecule has 108 valence electrons. The monoisotopic (exact) mass is 304 g/mol. The average molecular weight is 305 g/mol. The molecular formula is C15H13ClN2O3. The Balaban J connectivity index is 2.30. The van der Waals surface area contributed by atoms with E-state index in [0.717, 1.165) is 5.56 Å². The van der Waals surface area contributed by atoms with Gasteiger partial charge >= 0.3 is 0 Å². The minimum atomic E-state index is -0.454. The number of halogens is 1. The molecule has 0 fully saturated rings. The molecular weight excluding hydrogens is 292 g/mol. The normalized spacial score (nSPS) is 10.8. The van der Waals surface area contributed by atoms with Crippen molar-refractivity contribution in [2.75, 3.05) is 6.61 Å². The van der Waals surface area contributed by atoms with Crippen LogP contribution in [0.1, 0.15) is 12.5 Å². The van der Waals surface area contributed by atoms with Gasteiger partial charge < -0.3 is 4.74 Å². The predicted molar refractivity (Wildman–Crippen MR) is 83.0 cm³/mol. The number of aliphatic imine (C=N–C) groups is 1. The van der Waals surface area contributed by atoms with Gasteiger partial charge in [0.25, 0.3) is 5.69 Å². The van der Waals surface area contributed by atoms with Crippen LogP contribution in [0.5, 0.6) is 5.75 Å². The Hall–Kier alpha value is -2.40. The van der Waals surface area contributed by atoms with Gasteiger partial charge in [0.2, 0.25) is 0 Å². The smallest absolute Gasteiger partial charge is 0.271 e. The standard InChI is InChI=1S/C15H13ClN2O3/c1-2-21-15-7-6-12(16)8-11(15)10-17-13-4-3-5-14(9-13)18(19)20/h3-10H,2H2,1H3. The van der Waals surface area contributed by atoms with Crippen molar-refractivity contribution in [3.8, 4) is 5.75 Å². The van der Waals surface area contributed by atoms with Crippen LogP contribution in [0.4, 0.5) is 11.4 Å². The van der Waals surface area contributed by atoms with Crippen molar-refractivity contribution in [2.24, 2.45) is 4.99 Å². The van der Waals surface area contributed by atoms with E-state index < -0.39 is 4.92 Å². The van der Waals surface area contributed by atoms with E-state index in [1.807, 2.05) is 6.92 Å². The number of hydrogen-bond acceptors (Lipinski definition) is 4. The summed E-state index contributed by atoms with van der Waals surface area (Å²) in [5, 5.41) is 11.3. The van der Waals surface area contributed by atoms with Gasteiger partial charge in [0, 0.05) is 28.9 Å². The zero-order valence-electron chi connectivity index (χ0n) is 11.3. The molecule has 0 amide bonds. The molecule has 0 saturated heterocycles. The molecule has 0 N–H and O–H groups in total. The van der Waals surface area contributed by atoms with Crippen molar-refractivity contribution in [3.05, 3.63) is 63.2 Å². The van der Waals surface area contributed by atoms with E-state index in [9.17, 15) is 10.1 Å². The highest BCUT2D eigenvalue weighted by Gasteiger charge is 2.05. The highest BCUT2D eigenvalue weighted by molar-refractivity contribution is 6.30. The van der Waals surface area contributed by atoms with Gasteiger partial charge in [-0.05, 0) is 31.2 Å². The van der Waals surface area contributed by atoms with Crippen molar-refractivity contribution in [1.29, 1.82) is 0 Å². The molecule has 0 saturated carbocycles. The second kappa shape index (κ2) is 6.85. The summed E-state index contributed by atoms with van der Waals surface area (Å²) in [4.78, 5) is 14.5. The molecule has 0 heterocycles. The Bertz CT molecular complexity index is 686. The molecule has 0 radical (unpaired) electrons. The number of hydrogen-bond donors (Lipinski definition) is 0. The van der Waals surface area contributed by atoms with Crippen molar-refractivity contribution < 1.29 is 9.66 Å². The molecule has 2 aromatic rings. The summed E-state index contributed by atoms with van der Waals surface area (Å²) >= 11 is 5.96. The lowest BCUT2D eigenvalue weighted by Gasteiger charge is -2.06. The summed E-state index contributed by atoms with van der Waals surface area (Å²) in [5.41, 5.74) is 1.21. The minimum Gasteiger partial charge on any atom is -0.493 e. The summed E-state index contributed by atoms with van der Waals surface area (Å²) in [6.45, 7) is 2.41. The van der Waals surface area contributed by atoms with E-state index in [0.29, 0.717) is 23.1 Å². The van der Waals surface area contributed by atoms with Crippen LogP contribution in [0, 0.1) is 10.1 Å². The van der Waals surface area contributed by atoms with E-state index in [-0.39, 0.29) is 5.69 Å². The molecule has 0 spiro atoms. The summed E-state index contributed by atoms with van der Waals surface area (Å²) in [6.07, 6.45) is 1.58. The summed E-state index contributed by atoms with van der Waals surface area (Å²) in [5.74, 6) is 0.663.